The van der Waals surface area contributed by atoms with Crippen molar-refractivity contribution in [2.24, 2.45) is 10.7 Å². The van der Waals surface area contributed by atoms with Gasteiger partial charge >= 0.3 is 0 Å². The standard InChI is InChI=1S/C10H9FN4S/c1-6-9(16-15-14-6)10(12)13-8-4-2-7(11)3-5-8/h2-5H,1H3,(H2,12,13). The van der Waals surface area contributed by atoms with Crippen molar-refractivity contribution in [1.82, 2.24) is 9.59 Å². The molecule has 82 valence electrons. The van der Waals surface area contributed by atoms with E-state index in [1.54, 1.807) is 12.1 Å². The third-order valence-electron chi connectivity index (χ3n) is 1.96. The summed E-state index contributed by atoms with van der Waals surface area (Å²) >= 11 is 1.19. The zero-order chi connectivity index (χ0) is 11.5. The minimum atomic E-state index is -0.298. The first-order valence-electron chi connectivity index (χ1n) is 4.56. The van der Waals surface area contributed by atoms with Gasteiger partial charge in [0.25, 0.3) is 0 Å². The number of aliphatic imine (C=N–C) groups is 1. The molecule has 2 rings (SSSR count). The van der Waals surface area contributed by atoms with Crippen molar-refractivity contribution in [3.63, 3.8) is 0 Å². The first kappa shape index (κ1) is 10.7. The van der Waals surface area contributed by atoms with Crippen molar-refractivity contribution < 1.29 is 4.39 Å². The molecule has 0 unspecified atom stereocenters. The first-order valence-corrected chi connectivity index (χ1v) is 5.33. The van der Waals surface area contributed by atoms with Gasteiger partial charge in [-0.1, -0.05) is 4.49 Å². The number of amidine groups is 1. The Kier molecular flexibility index (Phi) is 2.91. The zero-order valence-corrected chi connectivity index (χ0v) is 9.33. The number of nitrogens with zero attached hydrogens (tertiary/aromatic N) is 3. The van der Waals surface area contributed by atoms with Gasteiger partial charge in [-0.15, -0.1) is 5.10 Å². The van der Waals surface area contributed by atoms with Crippen LogP contribution in [0.2, 0.25) is 0 Å². The van der Waals surface area contributed by atoms with Gasteiger partial charge in [-0.25, -0.2) is 9.38 Å². The fraction of sp³-hybridized carbons (Fsp3) is 0.100. The smallest absolute Gasteiger partial charge is 0.145 e. The summed E-state index contributed by atoms with van der Waals surface area (Å²) in [5.74, 6) is 0.0484. The van der Waals surface area contributed by atoms with E-state index in [1.807, 2.05) is 6.92 Å². The minimum absolute atomic E-state index is 0.298. The Balaban J connectivity index is 2.31. The third kappa shape index (κ3) is 2.22. The van der Waals surface area contributed by atoms with Crippen LogP contribution < -0.4 is 5.73 Å². The van der Waals surface area contributed by atoms with Crippen LogP contribution in [0.25, 0.3) is 0 Å². The topological polar surface area (TPSA) is 64.2 Å². The summed E-state index contributed by atoms with van der Waals surface area (Å²) in [4.78, 5) is 4.90. The van der Waals surface area contributed by atoms with Crippen molar-refractivity contribution in [2.45, 2.75) is 6.92 Å². The Labute approximate surface area is 95.8 Å². The Morgan fingerprint density at radius 2 is 2.06 bits per heavy atom. The van der Waals surface area contributed by atoms with Crippen LogP contribution in [0.3, 0.4) is 0 Å². The van der Waals surface area contributed by atoms with Crippen molar-refractivity contribution in [3.05, 3.63) is 40.7 Å². The number of aryl methyl sites for hydroxylation is 1. The first-order chi connectivity index (χ1) is 7.66. The van der Waals surface area contributed by atoms with Gasteiger partial charge < -0.3 is 5.73 Å². The number of nitrogens with two attached hydrogens (primary N) is 1. The van der Waals surface area contributed by atoms with Crippen LogP contribution in [0.4, 0.5) is 10.1 Å². The normalized spacial score (nSPS) is 11.8. The molecule has 0 amide bonds. The van der Waals surface area contributed by atoms with E-state index in [4.69, 9.17) is 5.73 Å². The summed E-state index contributed by atoms with van der Waals surface area (Å²) in [5.41, 5.74) is 7.14. The molecular weight excluding hydrogens is 227 g/mol. The highest BCUT2D eigenvalue weighted by molar-refractivity contribution is 7.08. The van der Waals surface area contributed by atoms with Crippen LogP contribution in [0.15, 0.2) is 29.3 Å². The van der Waals surface area contributed by atoms with Crippen molar-refractivity contribution in [3.8, 4) is 0 Å². The van der Waals surface area contributed by atoms with Gasteiger partial charge in [0.15, 0.2) is 0 Å². The van der Waals surface area contributed by atoms with Gasteiger partial charge in [0.05, 0.1) is 11.4 Å². The van der Waals surface area contributed by atoms with E-state index in [0.717, 1.165) is 10.6 Å². The maximum Gasteiger partial charge on any atom is 0.145 e. The quantitative estimate of drug-likeness (QED) is 0.641. The van der Waals surface area contributed by atoms with Crippen LogP contribution in [0.1, 0.15) is 10.6 Å². The summed E-state index contributed by atoms with van der Waals surface area (Å²) in [6.07, 6.45) is 0. The van der Waals surface area contributed by atoms with Crippen LogP contribution in [0, 0.1) is 12.7 Å². The van der Waals surface area contributed by atoms with Gasteiger partial charge in [-0.2, -0.15) is 0 Å². The molecule has 0 saturated heterocycles. The number of hydrogen-bond donors (Lipinski definition) is 1. The number of rotatable bonds is 2. The van der Waals surface area contributed by atoms with E-state index in [0.29, 0.717) is 11.5 Å². The molecule has 2 N–H and O–H groups in total. The number of halogens is 1. The molecule has 0 atom stereocenters. The molecule has 1 aromatic heterocycles. The van der Waals surface area contributed by atoms with Gasteiger partial charge in [-0.05, 0) is 42.7 Å². The largest absolute Gasteiger partial charge is 0.382 e. The van der Waals surface area contributed by atoms with Crippen molar-refractivity contribution in [1.29, 1.82) is 0 Å². The Hall–Kier alpha value is -1.82. The summed E-state index contributed by atoms with van der Waals surface area (Å²) in [5, 5.41) is 3.84. The summed E-state index contributed by atoms with van der Waals surface area (Å²) in [6.45, 7) is 1.81. The minimum Gasteiger partial charge on any atom is -0.382 e. The molecular formula is C10H9FN4S. The maximum absolute atomic E-state index is 12.7. The van der Waals surface area contributed by atoms with Gasteiger partial charge in [-0.3, -0.25) is 0 Å². The predicted molar refractivity (Wildman–Crippen MR) is 61.4 cm³/mol. The van der Waals surface area contributed by atoms with Crippen LogP contribution in [-0.4, -0.2) is 15.4 Å². The molecule has 16 heavy (non-hydrogen) atoms. The maximum atomic E-state index is 12.7. The van der Waals surface area contributed by atoms with Crippen LogP contribution in [0.5, 0.6) is 0 Å². The van der Waals surface area contributed by atoms with Gasteiger partial charge in [0.2, 0.25) is 0 Å². The molecule has 6 heteroatoms. The summed E-state index contributed by atoms with van der Waals surface area (Å²) < 4.78 is 16.4. The molecule has 0 radical (unpaired) electrons. The fourth-order valence-electron chi connectivity index (χ4n) is 1.17. The molecule has 4 nitrogen and oxygen atoms in total. The number of hydrogen-bond acceptors (Lipinski definition) is 4. The van der Waals surface area contributed by atoms with Gasteiger partial charge in [0.1, 0.15) is 16.5 Å². The molecule has 0 aliphatic heterocycles. The van der Waals surface area contributed by atoms with E-state index in [9.17, 15) is 4.39 Å². The molecule has 0 aliphatic carbocycles. The molecule has 0 saturated carbocycles. The lowest BCUT2D eigenvalue weighted by molar-refractivity contribution is 0.628. The van der Waals surface area contributed by atoms with E-state index in [-0.39, 0.29) is 5.82 Å². The molecule has 2 aromatic rings. The third-order valence-corrected chi connectivity index (χ3v) is 2.81. The average molecular weight is 236 g/mol. The Morgan fingerprint density at radius 3 is 2.62 bits per heavy atom. The molecule has 1 heterocycles. The van der Waals surface area contributed by atoms with E-state index in [2.05, 4.69) is 14.6 Å². The highest BCUT2D eigenvalue weighted by Crippen LogP contribution is 2.15. The molecule has 0 spiro atoms. The van der Waals surface area contributed by atoms with Crippen molar-refractivity contribution in [2.75, 3.05) is 0 Å². The van der Waals surface area contributed by atoms with Crippen LogP contribution >= 0.6 is 11.5 Å². The second-order valence-electron chi connectivity index (χ2n) is 3.16. The second-order valence-corrected chi connectivity index (χ2v) is 3.92. The van der Waals surface area contributed by atoms with Crippen LogP contribution in [-0.2, 0) is 0 Å². The fourth-order valence-corrected chi connectivity index (χ4v) is 1.73. The Morgan fingerprint density at radius 1 is 1.38 bits per heavy atom. The average Bonchev–Trinajstić information content (AvgIpc) is 2.68. The van der Waals surface area contributed by atoms with E-state index >= 15 is 0 Å². The van der Waals surface area contributed by atoms with Gasteiger partial charge in [0, 0.05) is 0 Å². The monoisotopic (exact) mass is 236 g/mol. The number of aromatic nitrogens is 2. The SMILES string of the molecule is Cc1nnsc1C(N)=Nc1ccc(F)cc1. The second kappa shape index (κ2) is 4.36. The summed E-state index contributed by atoms with van der Waals surface area (Å²) in [7, 11) is 0. The lowest BCUT2D eigenvalue weighted by Gasteiger charge is -1.97. The number of benzene rings is 1. The van der Waals surface area contributed by atoms with E-state index < -0.39 is 0 Å². The highest BCUT2D eigenvalue weighted by Gasteiger charge is 2.07. The molecule has 0 fully saturated rings. The summed E-state index contributed by atoms with van der Waals surface area (Å²) in [6, 6.07) is 5.80. The lowest BCUT2D eigenvalue weighted by Crippen LogP contribution is -2.12. The Bertz CT molecular complexity index is 518. The zero-order valence-electron chi connectivity index (χ0n) is 8.51. The predicted octanol–water partition coefficient (Wildman–Crippen LogP) is 2.02. The molecule has 1 aromatic carbocycles. The lowest BCUT2D eigenvalue weighted by atomic mass is 10.3. The molecule has 0 aliphatic rings. The molecule has 0 bridgehead atoms. The van der Waals surface area contributed by atoms with E-state index in [1.165, 1.54) is 23.7 Å². The highest BCUT2D eigenvalue weighted by atomic mass is 32.1. The van der Waals surface area contributed by atoms with Crippen molar-refractivity contribution >= 4 is 23.1 Å².